The van der Waals surface area contributed by atoms with E-state index in [1.807, 2.05) is 11.3 Å². The van der Waals surface area contributed by atoms with Crippen LogP contribution in [0.25, 0.3) is 0 Å². The van der Waals surface area contributed by atoms with Crippen LogP contribution in [0.1, 0.15) is 56.1 Å². The molecule has 1 rings (SSSR count). The molecule has 0 amide bonds. The average molecular weight is 282 g/mol. The van der Waals surface area contributed by atoms with E-state index in [0.717, 1.165) is 25.4 Å². The van der Waals surface area contributed by atoms with Gasteiger partial charge >= 0.3 is 0 Å². The van der Waals surface area contributed by atoms with Crippen molar-refractivity contribution in [1.82, 2.24) is 10.3 Å². The van der Waals surface area contributed by atoms with E-state index in [1.54, 1.807) is 0 Å². The number of hydrogen-bond donors (Lipinski definition) is 1. The number of aromatic nitrogens is 1. The zero-order chi connectivity index (χ0) is 14.5. The highest BCUT2D eigenvalue weighted by molar-refractivity contribution is 7.11. The van der Waals surface area contributed by atoms with E-state index in [9.17, 15) is 0 Å². The lowest BCUT2D eigenvalue weighted by molar-refractivity contribution is 0.242. The van der Waals surface area contributed by atoms with Crippen molar-refractivity contribution in [3.8, 4) is 0 Å². The van der Waals surface area contributed by atoms with Gasteiger partial charge in [0.15, 0.2) is 0 Å². The van der Waals surface area contributed by atoms with E-state index in [4.69, 9.17) is 4.98 Å². The first-order valence-corrected chi connectivity index (χ1v) is 8.37. The number of nitrogens with one attached hydrogen (secondary N) is 1. The third-order valence-corrected chi connectivity index (χ3v) is 5.22. The molecule has 2 nitrogen and oxygen atoms in total. The van der Waals surface area contributed by atoms with Gasteiger partial charge in [0.1, 0.15) is 0 Å². The molecule has 0 bridgehead atoms. The van der Waals surface area contributed by atoms with E-state index in [2.05, 4.69) is 46.9 Å². The van der Waals surface area contributed by atoms with Gasteiger partial charge in [-0.3, -0.25) is 0 Å². The van der Waals surface area contributed by atoms with E-state index < -0.39 is 0 Å². The number of aryl methyl sites for hydroxylation is 2. The molecule has 0 fully saturated rings. The molecule has 3 heteroatoms. The summed E-state index contributed by atoms with van der Waals surface area (Å²) in [6, 6.07) is 0. The molecular formula is C16H30N2S. The molecule has 0 aliphatic carbocycles. The van der Waals surface area contributed by atoms with Crippen LogP contribution in [0.5, 0.6) is 0 Å². The van der Waals surface area contributed by atoms with Crippen LogP contribution in [0.15, 0.2) is 0 Å². The molecule has 1 heterocycles. The van der Waals surface area contributed by atoms with Gasteiger partial charge in [0.05, 0.1) is 10.7 Å². The normalized spacial score (nSPS) is 12.4. The summed E-state index contributed by atoms with van der Waals surface area (Å²) in [4.78, 5) is 6.09. The van der Waals surface area contributed by atoms with Gasteiger partial charge in [-0.1, -0.05) is 27.7 Å². The first-order chi connectivity index (χ1) is 8.92. The van der Waals surface area contributed by atoms with Crippen LogP contribution >= 0.6 is 11.3 Å². The van der Waals surface area contributed by atoms with Gasteiger partial charge in [-0.25, -0.2) is 4.98 Å². The standard InChI is InChI=1S/C16H30N2S/c1-7-16(8-2,11-17-10-12(3)4)9-15-18-13(5)14(6)19-15/h12,17H,7-11H2,1-6H3. The van der Waals surface area contributed by atoms with E-state index in [-0.39, 0.29) is 0 Å². The molecule has 1 N–H and O–H groups in total. The summed E-state index contributed by atoms with van der Waals surface area (Å²) in [5.41, 5.74) is 1.57. The minimum Gasteiger partial charge on any atom is -0.316 e. The van der Waals surface area contributed by atoms with Crippen LogP contribution in [0.4, 0.5) is 0 Å². The molecule has 0 aliphatic rings. The van der Waals surface area contributed by atoms with Crippen LogP contribution in [-0.2, 0) is 6.42 Å². The molecule has 1 aromatic rings. The highest BCUT2D eigenvalue weighted by Gasteiger charge is 2.27. The maximum Gasteiger partial charge on any atom is 0.0936 e. The van der Waals surface area contributed by atoms with Crippen molar-refractivity contribution < 1.29 is 0 Å². The zero-order valence-electron chi connectivity index (χ0n) is 13.5. The monoisotopic (exact) mass is 282 g/mol. The van der Waals surface area contributed by atoms with Gasteiger partial charge in [0, 0.05) is 17.8 Å². The third-order valence-electron chi connectivity index (χ3n) is 4.15. The zero-order valence-corrected chi connectivity index (χ0v) is 14.3. The van der Waals surface area contributed by atoms with E-state index >= 15 is 0 Å². The largest absolute Gasteiger partial charge is 0.316 e. The van der Waals surface area contributed by atoms with Crippen LogP contribution in [0, 0.1) is 25.2 Å². The van der Waals surface area contributed by atoms with Gasteiger partial charge in [-0.15, -0.1) is 11.3 Å². The van der Waals surface area contributed by atoms with Gasteiger partial charge in [-0.2, -0.15) is 0 Å². The van der Waals surface area contributed by atoms with Crippen LogP contribution < -0.4 is 5.32 Å². The lowest BCUT2D eigenvalue weighted by Crippen LogP contribution is -2.36. The molecule has 0 saturated carbocycles. The van der Waals surface area contributed by atoms with Crippen molar-refractivity contribution in [2.45, 2.75) is 60.8 Å². The quantitative estimate of drug-likeness (QED) is 0.766. The van der Waals surface area contributed by atoms with Crippen LogP contribution in [0.3, 0.4) is 0 Å². The maximum atomic E-state index is 4.72. The van der Waals surface area contributed by atoms with Crippen LogP contribution in [-0.4, -0.2) is 18.1 Å². The first kappa shape index (κ1) is 16.6. The molecule has 0 saturated heterocycles. The molecule has 0 aliphatic heterocycles. The summed E-state index contributed by atoms with van der Waals surface area (Å²) in [5.74, 6) is 0.718. The molecule has 110 valence electrons. The minimum atomic E-state index is 0.367. The predicted molar refractivity (Wildman–Crippen MR) is 86.0 cm³/mol. The smallest absolute Gasteiger partial charge is 0.0936 e. The van der Waals surface area contributed by atoms with Crippen molar-refractivity contribution >= 4 is 11.3 Å². The molecule has 19 heavy (non-hydrogen) atoms. The number of thiazole rings is 1. The summed E-state index contributed by atoms with van der Waals surface area (Å²) in [5, 5.41) is 4.96. The Labute approximate surface area is 123 Å². The molecule has 0 aromatic carbocycles. The highest BCUT2D eigenvalue weighted by Crippen LogP contribution is 2.32. The lowest BCUT2D eigenvalue weighted by atomic mass is 9.79. The van der Waals surface area contributed by atoms with Crippen molar-refractivity contribution in [2.24, 2.45) is 11.3 Å². The number of hydrogen-bond acceptors (Lipinski definition) is 3. The Kier molecular flexibility index (Phi) is 6.48. The Bertz CT molecular complexity index is 359. The molecular weight excluding hydrogens is 252 g/mol. The van der Waals surface area contributed by atoms with Crippen molar-refractivity contribution in [2.75, 3.05) is 13.1 Å². The van der Waals surface area contributed by atoms with Crippen molar-refractivity contribution in [1.29, 1.82) is 0 Å². The third kappa shape index (κ3) is 4.88. The van der Waals surface area contributed by atoms with E-state index in [1.165, 1.54) is 28.4 Å². The fourth-order valence-corrected chi connectivity index (χ4v) is 3.48. The van der Waals surface area contributed by atoms with Crippen molar-refractivity contribution in [3.05, 3.63) is 15.6 Å². The maximum absolute atomic E-state index is 4.72. The van der Waals surface area contributed by atoms with Gasteiger partial charge in [0.25, 0.3) is 0 Å². The Hall–Kier alpha value is -0.410. The summed E-state index contributed by atoms with van der Waals surface area (Å²) < 4.78 is 0. The Morgan fingerprint density at radius 2 is 1.84 bits per heavy atom. The second-order valence-electron chi connectivity index (χ2n) is 6.16. The first-order valence-electron chi connectivity index (χ1n) is 7.56. The van der Waals surface area contributed by atoms with Gasteiger partial charge in [0.2, 0.25) is 0 Å². The van der Waals surface area contributed by atoms with Crippen molar-refractivity contribution in [3.63, 3.8) is 0 Å². The lowest BCUT2D eigenvalue weighted by Gasteiger charge is -2.31. The SMILES string of the molecule is CCC(CC)(CNCC(C)C)Cc1nc(C)c(C)s1. The highest BCUT2D eigenvalue weighted by atomic mass is 32.1. The fourth-order valence-electron chi connectivity index (χ4n) is 2.37. The number of rotatable bonds is 8. The molecule has 0 spiro atoms. The molecule has 0 unspecified atom stereocenters. The number of nitrogens with zero attached hydrogens (tertiary/aromatic N) is 1. The Morgan fingerprint density at radius 1 is 1.21 bits per heavy atom. The summed E-state index contributed by atoms with van der Waals surface area (Å²) in [6.07, 6.45) is 3.54. The molecule has 0 radical (unpaired) electrons. The fraction of sp³-hybridized carbons (Fsp3) is 0.812. The second kappa shape index (κ2) is 7.39. The Morgan fingerprint density at radius 3 is 2.26 bits per heavy atom. The predicted octanol–water partition coefficient (Wildman–Crippen LogP) is 4.35. The van der Waals surface area contributed by atoms with E-state index in [0.29, 0.717) is 5.41 Å². The topological polar surface area (TPSA) is 24.9 Å². The minimum absolute atomic E-state index is 0.367. The summed E-state index contributed by atoms with van der Waals surface area (Å²) >= 11 is 1.87. The van der Waals surface area contributed by atoms with Crippen LogP contribution in [0.2, 0.25) is 0 Å². The van der Waals surface area contributed by atoms with Gasteiger partial charge in [-0.05, 0) is 44.6 Å². The summed E-state index contributed by atoms with van der Waals surface area (Å²) in [7, 11) is 0. The second-order valence-corrected chi connectivity index (χ2v) is 7.45. The molecule has 0 atom stereocenters. The van der Waals surface area contributed by atoms with Gasteiger partial charge < -0.3 is 5.32 Å². The molecule has 1 aromatic heterocycles. The Balaban J connectivity index is 2.69. The average Bonchev–Trinajstić information content (AvgIpc) is 2.66. The summed E-state index contributed by atoms with van der Waals surface area (Å²) in [6.45, 7) is 15.7.